The number of hydrogen-bond acceptors (Lipinski definition) is 3. The van der Waals surface area contributed by atoms with E-state index in [2.05, 4.69) is 23.1 Å². The largest absolute Gasteiger partial charge is 0.492 e. The number of ether oxygens (including phenoxy) is 1. The van der Waals surface area contributed by atoms with Crippen molar-refractivity contribution in [3.8, 4) is 5.75 Å². The minimum atomic E-state index is -0.719. The Kier molecular flexibility index (Phi) is 7.92. The Morgan fingerprint density at radius 1 is 1.13 bits per heavy atom. The predicted octanol–water partition coefficient (Wildman–Crippen LogP) is 6.18. The van der Waals surface area contributed by atoms with Crippen LogP contribution < -0.4 is 4.74 Å². The number of carboxylic acids is 1. The van der Waals surface area contributed by atoms with E-state index in [9.17, 15) is 4.79 Å². The highest BCUT2D eigenvalue weighted by molar-refractivity contribution is 6.37. The molecule has 0 amide bonds. The second-order valence-corrected chi connectivity index (χ2v) is 8.95. The number of nitrogens with zero attached hydrogens (tertiary/aromatic N) is 1. The Hall–Kier alpha value is -1.72. The number of halogens is 3. The molecule has 166 valence electrons. The first kappa shape index (κ1) is 23.9. The van der Waals surface area contributed by atoms with Crippen LogP contribution in [0.2, 0.25) is 10.0 Å². The minimum Gasteiger partial charge on any atom is -0.492 e. The summed E-state index contributed by atoms with van der Waals surface area (Å²) >= 11 is 12.5. The summed E-state index contributed by atoms with van der Waals surface area (Å²) in [6.45, 7) is 3.53. The quantitative estimate of drug-likeness (QED) is 0.500. The molecule has 2 aromatic carbocycles. The molecule has 1 spiro atoms. The molecule has 2 aliphatic heterocycles. The molecule has 2 aromatic rings. The molecule has 4 rings (SSSR count). The van der Waals surface area contributed by atoms with Crippen LogP contribution in [0.5, 0.6) is 5.75 Å². The van der Waals surface area contributed by atoms with E-state index in [1.54, 1.807) is 0 Å². The van der Waals surface area contributed by atoms with Crippen molar-refractivity contribution in [1.82, 2.24) is 4.90 Å². The molecule has 0 atom stereocenters. The standard InChI is InChI=1S/C24H25Cl2NO3.ClH/c25-20-3-1-4-21(26)18(20)8-6-17-7-9-19-22(15-17)30-16-24(19)10-13-27(14-11-24)12-2-5-23(28)29;/h1,3-4,6-9,15H,2,5,10-14,16H2,(H,28,29);1H. The van der Waals surface area contributed by atoms with Crippen molar-refractivity contribution in [2.75, 3.05) is 26.2 Å². The first-order chi connectivity index (χ1) is 14.5. The topological polar surface area (TPSA) is 49.8 Å². The zero-order valence-corrected chi connectivity index (χ0v) is 19.5. The lowest BCUT2D eigenvalue weighted by molar-refractivity contribution is -0.137. The van der Waals surface area contributed by atoms with E-state index >= 15 is 0 Å². The van der Waals surface area contributed by atoms with Crippen LogP contribution in [0.3, 0.4) is 0 Å². The Morgan fingerprint density at radius 3 is 2.52 bits per heavy atom. The average Bonchev–Trinajstić information content (AvgIpc) is 3.06. The Labute approximate surface area is 199 Å². The van der Waals surface area contributed by atoms with E-state index in [4.69, 9.17) is 33.0 Å². The fourth-order valence-electron chi connectivity index (χ4n) is 4.42. The molecular weight excluding hydrogens is 457 g/mol. The highest BCUT2D eigenvalue weighted by atomic mass is 35.5. The van der Waals surface area contributed by atoms with Crippen LogP contribution in [0, 0.1) is 0 Å². The average molecular weight is 483 g/mol. The van der Waals surface area contributed by atoms with Crippen LogP contribution in [0.4, 0.5) is 0 Å². The molecule has 0 radical (unpaired) electrons. The van der Waals surface area contributed by atoms with Crippen LogP contribution in [0.1, 0.15) is 42.4 Å². The molecule has 1 N–H and O–H groups in total. The van der Waals surface area contributed by atoms with Gasteiger partial charge in [-0.25, -0.2) is 0 Å². The summed E-state index contributed by atoms with van der Waals surface area (Å²) in [6.07, 6.45) is 6.97. The van der Waals surface area contributed by atoms with Gasteiger partial charge in [0, 0.05) is 33.0 Å². The number of carbonyl (C=O) groups is 1. The molecule has 2 aliphatic rings. The van der Waals surface area contributed by atoms with Gasteiger partial charge in [-0.2, -0.15) is 0 Å². The summed E-state index contributed by atoms with van der Waals surface area (Å²) in [4.78, 5) is 13.1. The molecular formula is C24H26Cl3NO3. The van der Waals surface area contributed by atoms with Crippen LogP contribution in [0.25, 0.3) is 12.2 Å². The number of benzene rings is 2. The second-order valence-electron chi connectivity index (χ2n) is 8.13. The maximum atomic E-state index is 10.7. The number of rotatable bonds is 6. The first-order valence-electron chi connectivity index (χ1n) is 10.3. The van der Waals surface area contributed by atoms with Gasteiger partial charge in [0.15, 0.2) is 0 Å². The maximum absolute atomic E-state index is 10.7. The zero-order valence-electron chi connectivity index (χ0n) is 17.2. The lowest BCUT2D eigenvalue weighted by Gasteiger charge is -2.38. The van der Waals surface area contributed by atoms with Gasteiger partial charge < -0.3 is 14.7 Å². The van der Waals surface area contributed by atoms with Crippen LogP contribution >= 0.6 is 35.6 Å². The molecule has 1 saturated heterocycles. The molecule has 1 fully saturated rings. The lowest BCUT2D eigenvalue weighted by Crippen LogP contribution is -2.43. The minimum absolute atomic E-state index is 0. The molecule has 0 saturated carbocycles. The van der Waals surface area contributed by atoms with Gasteiger partial charge in [-0.15, -0.1) is 12.4 Å². The van der Waals surface area contributed by atoms with Gasteiger partial charge >= 0.3 is 5.97 Å². The third-order valence-electron chi connectivity index (χ3n) is 6.20. The molecule has 31 heavy (non-hydrogen) atoms. The number of likely N-dealkylation sites (tertiary alicyclic amines) is 1. The summed E-state index contributed by atoms with van der Waals surface area (Å²) in [5, 5.41) is 10.1. The fourth-order valence-corrected chi connectivity index (χ4v) is 4.94. The fraction of sp³-hybridized carbons (Fsp3) is 0.375. The van der Waals surface area contributed by atoms with Gasteiger partial charge in [0.1, 0.15) is 5.75 Å². The maximum Gasteiger partial charge on any atom is 0.303 e. The second kappa shape index (κ2) is 10.3. The van der Waals surface area contributed by atoms with Gasteiger partial charge in [0.05, 0.1) is 6.61 Å². The highest BCUT2D eigenvalue weighted by Gasteiger charge is 2.42. The predicted molar refractivity (Wildman–Crippen MR) is 129 cm³/mol. The summed E-state index contributed by atoms with van der Waals surface area (Å²) in [6, 6.07) is 11.9. The number of aliphatic carboxylic acids is 1. The monoisotopic (exact) mass is 481 g/mol. The summed E-state index contributed by atoms with van der Waals surface area (Å²) in [5.74, 6) is 0.241. The number of piperidine rings is 1. The molecule has 0 unspecified atom stereocenters. The van der Waals surface area contributed by atoms with Crippen LogP contribution in [-0.4, -0.2) is 42.2 Å². The summed E-state index contributed by atoms with van der Waals surface area (Å²) in [7, 11) is 0. The zero-order chi connectivity index (χ0) is 21.1. The van der Waals surface area contributed by atoms with E-state index in [-0.39, 0.29) is 24.2 Å². The number of carboxylic acid groups (broad SMARTS) is 1. The number of hydrogen-bond donors (Lipinski definition) is 1. The van der Waals surface area contributed by atoms with E-state index in [0.717, 1.165) is 56.0 Å². The van der Waals surface area contributed by atoms with Crippen molar-refractivity contribution in [3.05, 3.63) is 63.1 Å². The van der Waals surface area contributed by atoms with Gasteiger partial charge in [-0.3, -0.25) is 4.79 Å². The Morgan fingerprint density at radius 2 is 1.84 bits per heavy atom. The van der Waals surface area contributed by atoms with Crippen molar-refractivity contribution in [2.24, 2.45) is 0 Å². The molecule has 4 nitrogen and oxygen atoms in total. The van der Waals surface area contributed by atoms with Gasteiger partial charge in [0.2, 0.25) is 0 Å². The summed E-state index contributed by atoms with van der Waals surface area (Å²) < 4.78 is 6.10. The molecule has 2 heterocycles. The number of fused-ring (bicyclic) bond motifs is 2. The van der Waals surface area contributed by atoms with E-state index in [0.29, 0.717) is 16.5 Å². The van der Waals surface area contributed by atoms with E-state index < -0.39 is 5.97 Å². The first-order valence-corrected chi connectivity index (χ1v) is 11.1. The normalized spacial score (nSPS) is 17.4. The van der Waals surface area contributed by atoms with Crippen molar-refractivity contribution < 1.29 is 14.6 Å². The van der Waals surface area contributed by atoms with Crippen LogP contribution in [-0.2, 0) is 10.2 Å². The highest BCUT2D eigenvalue weighted by Crippen LogP contribution is 2.46. The third-order valence-corrected chi connectivity index (χ3v) is 6.86. The smallest absolute Gasteiger partial charge is 0.303 e. The van der Waals surface area contributed by atoms with E-state index in [1.807, 2.05) is 30.4 Å². The SMILES string of the molecule is Cl.O=C(O)CCCN1CCC2(CC1)COc1cc(C=Cc3c(Cl)cccc3Cl)ccc12. The van der Waals surface area contributed by atoms with E-state index in [1.165, 1.54) is 5.56 Å². The molecule has 0 aromatic heterocycles. The summed E-state index contributed by atoms with van der Waals surface area (Å²) in [5.41, 5.74) is 3.23. The van der Waals surface area contributed by atoms with Gasteiger partial charge in [0.25, 0.3) is 0 Å². The molecule has 0 aliphatic carbocycles. The Bertz CT molecular complexity index is 948. The van der Waals surface area contributed by atoms with Crippen molar-refractivity contribution in [3.63, 3.8) is 0 Å². The lowest BCUT2D eigenvalue weighted by atomic mass is 9.74. The van der Waals surface area contributed by atoms with Crippen molar-refractivity contribution in [2.45, 2.75) is 31.1 Å². The van der Waals surface area contributed by atoms with Crippen molar-refractivity contribution >= 4 is 53.7 Å². The Balaban J connectivity index is 0.00000272. The van der Waals surface area contributed by atoms with Crippen LogP contribution in [0.15, 0.2) is 36.4 Å². The van der Waals surface area contributed by atoms with Gasteiger partial charge in [-0.05, 0) is 62.7 Å². The van der Waals surface area contributed by atoms with Crippen molar-refractivity contribution in [1.29, 1.82) is 0 Å². The van der Waals surface area contributed by atoms with Gasteiger partial charge in [-0.1, -0.05) is 53.6 Å². The molecule has 7 heteroatoms. The molecule has 0 bridgehead atoms. The third kappa shape index (κ3) is 5.38.